The third kappa shape index (κ3) is 5.06. The summed E-state index contributed by atoms with van der Waals surface area (Å²) in [5, 5.41) is 1.23. The first-order chi connectivity index (χ1) is 19.2. The zero-order valence-electron chi connectivity index (χ0n) is 21.6. The van der Waals surface area contributed by atoms with Crippen molar-refractivity contribution in [2.24, 2.45) is 0 Å². The Labute approximate surface area is 241 Å². The second-order valence-corrected chi connectivity index (χ2v) is 13.3. The van der Waals surface area contributed by atoms with E-state index in [0.717, 1.165) is 42.0 Å². The molecule has 2 aliphatic heterocycles. The molecule has 3 aromatic carbocycles. The van der Waals surface area contributed by atoms with Crippen LogP contribution in [0.2, 0.25) is 5.02 Å². The van der Waals surface area contributed by atoms with Gasteiger partial charge in [-0.1, -0.05) is 17.7 Å². The highest BCUT2D eigenvalue weighted by molar-refractivity contribution is 7.89. The number of sulfonamides is 1. The van der Waals surface area contributed by atoms with E-state index >= 15 is 0 Å². The number of fused-ring (bicyclic) bond motifs is 1. The third-order valence-electron chi connectivity index (χ3n) is 7.21. The van der Waals surface area contributed by atoms with Crippen LogP contribution in [-0.4, -0.2) is 54.8 Å². The minimum absolute atomic E-state index is 0.00368. The van der Waals surface area contributed by atoms with Gasteiger partial charge in [-0.25, -0.2) is 18.3 Å². The number of benzene rings is 3. The van der Waals surface area contributed by atoms with Gasteiger partial charge < -0.3 is 4.74 Å². The van der Waals surface area contributed by atoms with Crippen LogP contribution in [0.25, 0.3) is 20.8 Å². The van der Waals surface area contributed by atoms with Crippen LogP contribution in [0, 0.1) is 6.92 Å². The van der Waals surface area contributed by atoms with Gasteiger partial charge in [0.25, 0.3) is 5.91 Å². The monoisotopic (exact) mass is 595 g/mol. The predicted molar refractivity (Wildman–Crippen MR) is 155 cm³/mol. The van der Waals surface area contributed by atoms with E-state index in [2.05, 4.69) is 6.07 Å². The molecule has 0 spiro atoms. The summed E-state index contributed by atoms with van der Waals surface area (Å²) in [7, 11) is -4.12. The van der Waals surface area contributed by atoms with Crippen molar-refractivity contribution >= 4 is 60.7 Å². The fourth-order valence-electron chi connectivity index (χ4n) is 5.14. The third-order valence-corrected chi connectivity index (χ3v) is 10.4. The molecule has 2 unspecified atom stereocenters. The van der Waals surface area contributed by atoms with E-state index < -0.39 is 27.9 Å². The summed E-state index contributed by atoms with van der Waals surface area (Å²) < 4.78 is 35.4. The molecule has 2 saturated heterocycles. The smallest absolute Gasteiger partial charge is 0.252 e. The van der Waals surface area contributed by atoms with Crippen molar-refractivity contribution in [1.82, 2.24) is 9.29 Å². The van der Waals surface area contributed by atoms with Gasteiger partial charge in [-0.05, 0) is 86.0 Å². The molecule has 0 bridgehead atoms. The first kappa shape index (κ1) is 27.0. The average molecular weight is 596 g/mol. The summed E-state index contributed by atoms with van der Waals surface area (Å²) in [5.41, 5.74) is 3.32. The molecule has 3 heterocycles. The maximum Gasteiger partial charge on any atom is 0.252 e. The highest BCUT2D eigenvalue weighted by atomic mass is 35.5. The fraction of sp³-hybridized carbons (Fsp3) is 0.276. The molecular weight excluding hydrogens is 570 g/mol. The molecule has 0 radical (unpaired) electrons. The van der Waals surface area contributed by atoms with Gasteiger partial charge in [0, 0.05) is 23.7 Å². The summed E-state index contributed by atoms with van der Waals surface area (Å²) in [5.74, 6) is -1.04. The summed E-state index contributed by atoms with van der Waals surface area (Å²) in [6.45, 7) is 2.55. The highest BCUT2D eigenvalue weighted by Gasteiger charge is 2.47. The molecule has 2 fully saturated rings. The van der Waals surface area contributed by atoms with E-state index in [0.29, 0.717) is 23.7 Å². The van der Waals surface area contributed by atoms with E-state index in [1.54, 1.807) is 23.5 Å². The van der Waals surface area contributed by atoms with Crippen LogP contribution in [0.15, 0.2) is 71.6 Å². The molecule has 4 aromatic rings. The Morgan fingerprint density at radius 3 is 2.52 bits per heavy atom. The van der Waals surface area contributed by atoms with Crippen LogP contribution in [-0.2, 0) is 24.3 Å². The number of carbonyl (C=O) groups is 2. The number of imide groups is 1. The number of hydrogen-bond donors (Lipinski definition) is 0. The zero-order chi connectivity index (χ0) is 28.0. The molecule has 6 rings (SSSR count). The molecule has 0 saturated carbocycles. The lowest BCUT2D eigenvalue weighted by atomic mass is 10.2. The van der Waals surface area contributed by atoms with Crippen molar-refractivity contribution in [1.29, 1.82) is 0 Å². The van der Waals surface area contributed by atoms with Crippen LogP contribution >= 0.6 is 22.9 Å². The van der Waals surface area contributed by atoms with Crippen molar-refractivity contribution in [2.45, 2.75) is 43.2 Å². The molecule has 0 N–H and O–H groups in total. The first-order valence-electron chi connectivity index (χ1n) is 12.9. The number of nitrogens with zero attached hydrogens (tertiary/aromatic N) is 3. The standard InChI is InChI=1S/C29H26ClN3O5S2/c1-18-4-13-24-26(15-18)39-28(31-24)19-5-9-21(10-6-19)33-27(34)16-25(29(33)35)32(17-22-3-2-14-38-22)40(36,37)23-11-7-20(30)8-12-23/h4-13,15,22,25H,2-3,14,16-17H2,1H3. The Morgan fingerprint density at radius 1 is 1.07 bits per heavy atom. The average Bonchev–Trinajstić information content (AvgIpc) is 3.67. The van der Waals surface area contributed by atoms with Crippen LogP contribution in [0.4, 0.5) is 5.69 Å². The van der Waals surface area contributed by atoms with Crippen molar-refractivity contribution in [3.05, 3.63) is 77.3 Å². The molecule has 11 heteroatoms. The minimum Gasteiger partial charge on any atom is -0.377 e. The van der Waals surface area contributed by atoms with Crippen LogP contribution < -0.4 is 4.90 Å². The largest absolute Gasteiger partial charge is 0.377 e. The molecule has 2 aliphatic rings. The van der Waals surface area contributed by atoms with Gasteiger partial charge in [0.1, 0.15) is 11.0 Å². The van der Waals surface area contributed by atoms with Gasteiger partial charge in [0.05, 0.1) is 33.3 Å². The second kappa shape index (κ2) is 10.7. The lowest BCUT2D eigenvalue weighted by Gasteiger charge is -2.29. The zero-order valence-corrected chi connectivity index (χ0v) is 24.0. The number of hydrogen-bond acceptors (Lipinski definition) is 7. The van der Waals surface area contributed by atoms with E-state index in [-0.39, 0.29) is 24.0 Å². The number of thiazole rings is 1. The van der Waals surface area contributed by atoms with Crippen LogP contribution in [0.1, 0.15) is 24.8 Å². The SMILES string of the molecule is Cc1ccc2nc(-c3ccc(N4C(=O)CC(N(CC5CCCO5)S(=O)(=O)c5ccc(Cl)cc5)C4=O)cc3)sc2c1. The van der Waals surface area contributed by atoms with Gasteiger partial charge in [0.15, 0.2) is 0 Å². The maximum atomic E-state index is 13.7. The summed E-state index contributed by atoms with van der Waals surface area (Å²) in [6, 6.07) is 17.7. The number of halogens is 1. The molecule has 40 heavy (non-hydrogen) atoms. The van der Waals surface area contributed by atoms with Crippen molar-refractivity contribution in [3.63, 3.8) is 0 Å². The van der Waals surface area contributed by atoms with Crippen molar-refractivity contribution < 1.29 is 22.7 Å². The quantitative estimate of drug-likeness (QED) is 0.264. The van der Waals surface area contributed by atoms with Gasteiger partial charge in [0.2, 0.25) is 15.9 Å². The number of aromatic nitrogens is 1. The normalized spacial score (nSPS) is 19.8. The lowest BCUT2D eigenvalue weighted by Crippen LogP contribution is -2.48. The van der Waals surface area contributed by atoms with Crippen LogP contribution in [0.3, 0.4) is 0 Å². The van der Waals surface area contributed by atoms with Gasteiger partial charge in [-0.2, -0.15) is 4.31 Å². The van der Waals surface area contributed by atoms with Gasteiger partial charge in [-0.15, -0.1) is 11.3 Å². The molecular formula is C29H26ClN3O5S2. The summed E-state index contributed by atoms with van der Waals surface area (Å²) >= 11 is 7.55. The Morgan fingerprint density at radius 2 is 1.82 bits per heavy atom. The second-order valence-electron chi connectivity index (χ2n) is 9.99. The molecule has 206 valence electrons. The van der Waals surface area contributed by atoms with E-state index in [9.17, 15) is 18.0 Å². The highest BCUT2D eigenvalue weighted by Crippen LogP contribution is 2.34. The number of rotatable bonds is 7. The Hall–Kier alpha value is -3.15. The summed E-state index contributed by atoms with van der Waals surface area (Å²) in [6.07, 6.45) is 0.884. The van der Waals surface area contributed by atoms with Gasteiger partial charge >= 0.3 is 0 Å². The lowest BCUT2D eigenvalue weighted by molar-refractivity contribution is -0.122. The first-order valence-corrected chi connectivity index (χ1v) is 15.6. The Balaban J connectivity index is 1.29. The predicted octanol–water partition coefficient (Wildman–Crippen LogP) is 5.43. The summed E-state index contributed by atoms with van der Waals surface area (Å²) in [4.78, 5) is 32.7. The maximum absolute atomic E-state index is 13.7. The molecule has 2 amide bonds. The van der Waals surface area contributed by atoms with E-state index in [4.69, 9.17) is 21.3 Å². The van der Waals surface area contributed by atoms with E-state index in [1.165, 1.54) is 24.3 Å². The Kier molecular flexibility index (Phi) is 7.22. The number of ether oxygens (including phenoxy) is 1. The van der Waals surface area contributed by atoms with Crippen LogP contribution in [0.5, 0.6) is 0 Å². The van der Waals surface area contributed by atoms with Crippen molar-refractivity contribution in [2.75, 3.05) is 18.1 Å². The number of anilines is 1. The molecule has 8 nitrogen and oxygen atoms in total. The van der Waals surface area contributed by atoms with Gasteiger partial charge in [-0.3, -0.25) is 9.59 Å². The number of carbonyl (C=O) groups excluding carboxylic acids is 2. The molecule has 2 atom stereocenters. The minimum atomic E-state index is -4.12. The number of aryl methyl sites for hydroxylation is 1. The Bertz CT molecular complexity index is 1700. The topological polar surface area (TPSA) is 96.9 Å². The molecule has 0 aliphatic carbocycles. The van der Waals surface area contributed by atoms with E-state index in [1.807, 2.05) is 31.2 Å². The molecule has 1 aromatic heterocycles. The fourth-order valence-corrected chi connectivity index (χ4v) is 7.95. The van der Waals surface area contributed by atoms with Crippen molar-refractivity contribution in [3.8, 4) is 10.6 Å². The number of amides is 2.